The van der Waals surface area contributed by atoms with Crippen LogP contribution >= 0.6 is 0 Å². The third-order valence-electron chi connectivity index (χ3n) is 4.34. The first-order valence-corrected chi connectivity index (χ1v) is 6.60. The zero-order chi connectivity index (χ0) is 13.5. The lowest BCUT2D eigenvalue weighted by Crippen LogP contribution is -2.27. The summed E-state index contributed by atoms with van der Waals surface area (Å²) in [5.41, 5.74) is 6.59. The van der Waals surface area contributed by atoms with Crippen molar-refractivity contribution in [2.75, 3.05) is 18.5 Å². The molecule has 0 N–H and O–H groups in total. The fourth-order valence-corrected chi connectivity index (χ4v) is 2.76. The average Bonchev–Trinajstić information content (AvgIpc) is 3.07. The van der Waals surface area contributed by atoms with Crippen molar-refractivity contribution in [1.29, 1.82) is 5.26 Å². The second-order valence-corrected chi connectivity index (χ2v) is 5.86. The van der Waals surface area contributed by atoms with Crippen molar-refractivity contribution >= 4 is 5.69 Å². The van der Waals surface area contributed by atoms with Gasteiger partial charge in [-0.2, -0.15) is 5.26 Å². The second kappa shape index (κ2) is 4.31. The zero-order valence-corrected chi connectivity index (χ0v) is 12.1. The van der Waals surface area contributed by atoms with Gasteiger partial charge in [-0.1, -0.05) is 6.07 Å². The van der Waals surface area contributed by atoms with Gasteiger partial charge in [0, 0.05) is 19.3 Å². The van der Waals surface area contributed by atoms with E-state index in [9.17, 15) is 5.26 Å². The number of rotatable bonds is 3. The molecule has 1 aliphatic rings. The number of benzene rings is 1. The van der Waals surface area contributed by atoms with Gasteiger partial charge in [-0.3, -0.25) is 0 Å². The molecule has 2 nitrogen and oxygen atoms in total. The molecular weight excluding hydrogens is 220 g/mol. The van der Waals surface area contributed by atoms with Crippen molar-refractivity contribution in [2.24, 2.45) is 5.41 Å². The van der Waals surface area contributed by atoms with Crippen LogP contribution < -0.4 is 4.90 Å². The van der Waals surface area contributed by atoms with E-state index in [-0.39, 0.29) is 5.41 Å². The molecule has 0 amide bonds. The fourth-order valence-electron chi connectivity index (χ4n) is 2.76. The van der Waals surface area contributed by atoms with E-state index in [4.69, 9.17) is 0 Å². The van der Waals surface area contributed by atoms with Gasteiger partial charge in [-0.25, -0.2) is 0 Å². The Balaban J connectivity index is 2.36. The number of hydrogen-bond acceptors (Lipinski definition) is 2. The molecule has 2 heteroatoms. The van der Waals surface area contributed by atoms with E-state index in [1.165, 1.54) is 27.9 Å². The number of anilines is 1. The van der Waals surface area contributed by atoms with Crippen molar-refractivity contribution in [3.8, 4) is 6.07 Å². The Labute approximate surface area is 110 Å². The van der Waals surface area contributed by atoms with E-state index in [1.54, 1.807) is 0 Å². The summed E-state index contributed by atoms with van der Waals surface area (Å²) in [6.07, 6.45) is 2.10. The molecule has 0 atom stereocenters. The molecule has 1 aliphatic carbocycles. The first-order chi connectivity index (χ1) is 8.40. The van der Waals surface area contributed by atoms with Gasteiger partial charge in [0.2, 0.25) is 0 Å². The Kier molecular flexibility index (Phi) is 3.11. The van der Waals surface area contributed by atoms with E-state index in [0.717, 1.165) is 19.4 Å². The molecule has 0 aromatic heterocycles. The van der Waals surface area contributed by atoms with Crippen LogP contribution in [0.15, 0.2) is 6.07 Å². The van der Waals surface area contributed by atoms with Crippen molar-refractivity contribution in [3.63, 3.8) is 0 Å². The lowest BCUT2D eigenvalue weighted by molar-refractivity contribution is 0.651. The molecule has 0 aliphatic heterocycles. The Morgan fingerprint density at radius 1 is 1.17 bits per heavy atom. The molecule has 18 heavy (non-hydrogen) atoms. The van der Waals surface area contributed by atoms with Crippen molar-refractivity contribution in [3.05, 3.63) is 28.3 Å². The van der Waals surface area contributed by atoms with Gasteiger partial charge in [-0.15, -0.1) is 0 Å². The van der Waals surface area contributed by atoms with E-state index < -0.39 is 0 Å². The standard InChI is InChI=1S/C16H22N2/c1-11-8-12(2)14(4)15(13(11)3)18(5)10-16(9-17)6-7-16/h8H,6-7,10H2,1-5H3. The highest BCUT2D eigenvalue weighted by molar-refractivity contribution is 5.63. The van der Waals surface area contributed by atoms with E-state index in [2.05, 4.69) is 51.8 Å². The number of aryl methyl sites for hydroxylation is 2. The monoisotopic (exact) mass is 242 g/mol. The maximum atomic E-state index is 9.22. The highest BCUT2D eigenvalue weighted by Crippen LogP contribution is 2.46. The minimum atomic E-state index is -0.0781. The van der Waals surface area contributed by atoms with Crippen molar-refractivity contribution < 1.29 is 0 Å². The predicted octanol–water partition coefficient (Wildman–Crippen LogP) is 3.66. The largest absolute Gasteiger partial charge is 0.373 e. The van der Waals surface area contributed by atoms with Crippen LogP contribution in [0.2, 0.25) is 0 Å². The highest BCUT2D eigenvalue weighted by Gasteiger charge is 2.44. The van der Waals surface area contributed by atoms with Crippen molar-refractivity contribution in [2.45, 2.75) is 40.5 Å². The molecule has 0 bridgehead atoms. The molecular formula is C16H22N2. The van der Waals surface area contributed by atoms with Gasteiger partial charge < -0.3 is 4.90 Å². The van der Waals surface area contributed by atoms with Gasteiger partial charge in [-0.05, 0) is 62.8 Å². The summed E-state index contributed by atoms with van der Waals surface area (Å²) in [5.74, 6) is 0. The number of nitriles is 1. The summed E-state index contributed by atoms with van der Waals surface area (Å²) in [5, 5.41) is 9.22. The van der Waals surface area contributed by atoms with E-state index >= 15 is 0 Å². The van der Waals surface area contributed by atoms with Crippen LogP contribution in [0.4, 0.5) is 5.69 Å². The Morgan fingerprint density at radius 3 is 2.06 bits per heavy atom. The molecule has 1 saturated carbocycles. The molecule has 0 radical (unpaired) electrons. The normalized spacial score (nSPS) is 16.2. The summed E-state index contributed by atoms with van der Waals surface area (Å²) in [6, 6.07) is 4.73. The molecule has 2 rings (SSSR count). The van der Waals surface area contributed by atoms with Crippen LogP contribution in [0.1, 0.15) is 35.1 Å². The quantitative estimate of drug-likeness (QED) is 0.808. The fraction of sp³-hybridized carbons (Fsp3) is 0.562. The van der Waals surface area contributed by atoms with Gasteiger partial charge >= 0.3 is 0 Å². The van der Waals surface area contributed by atoms with Crippen molar-refractivity contribution in [1.82, 2.24) is 0 Å². The maximum Gasteiger partial charge on any atom is 0.0749 e. The minimum absolute atomic E-state index is 0.0781. The third-order valence-corrected chi connectivity index (χ3v) is 4.34. The van der Waals surface area contributed by atoms with Crippen LogP contribution in [0.25, 0.3) is 0 Å². The smallest absolute Gasteiger partial charge is 0.0749 e. The number of nitrogens with zero attached hydrogens (tertiary/aromatic N) is 2. The van der Waals surface area contributed by atoms with Crippen LogP contribution in [0, 0.1) is 44.4 Å². The van der Waals surface area contributed by atoms with Gasteiger partial charge in [0.25, 0.3) is 0 Å². The molecule has 0 heterocycles. The molecule has 0 spiro atoms. The Hall–Kier alpha value is -1.49. The molecule has 0 saturated heterocycles. The van der Waals surface area contributed by atoms with Gasteiger partial charge in [0.15, 0.2) is 0 Å². The zero-order valence-electron chi connectivity index (χ0n) is 12.1. The summed E-state index contributed by atoms with van der Waals surface area (Å²) in [6.45, 7) is 9.54. The average molecular weight is 242 g/mol. The third kappa shape index (κ3) is 2.10. The van der Waals surface area contributed by atoms with E-state index in [1.807, 2.05) is 0 Å². The molecule has 1 aromatic rings. The van der Waals surface area contributed by atoms with Crippen LogP contribution in [0.5, 0.6) is 0 Å². The lowest BCUT2D eigenvalue weighted by Gasteiger charge is -2.27. The molecule has 0 unspecified atom stereocenters. The lowest BCUT2D eigenvalue weighted by atomic mass is 9.97. The first-order valence-electron chi connectivity index (χ1n) is 6.60. The van der Waals surface area contributed by atoms with Crippen LogP contribution in [-0.2, 0) is 0 Å². The van der Waals surface area contributed by atoms with Gasteiger partial charge in [0.1, 0.15) is 0 Å². The summed E-state index contributed by atoms with van der Waals surface area (Å²) >= 11 is 0. The highest BCUT2D eigenvalue weighted by atomic mass is 15.1. The van der Waals surface area contributed by atoms with Gasteiger partial charge in [0.05, 0.1) is 11.5 Å². The Morgan fingerprint density at radius 2 is 1.67 bits per heavy atom. The maximum absolute atomic E-state index is 9.22. The van der Waals surface area contributed by atoms with E-state index in [0.29, 0.717) is 0 Å². The summed E-state index contributed by atoms with van der Waals surface area (Å²) in [4.78, 5) is 2.28. The topological polar surface area (TPSA) is 27.0 Å². The number of hydrogen-bond donors (Lipinski definition) is 0. The van der Waals surface area contributed by atoms with Crippen LogP contribution in [-0.4, -0.2) is 13.6 Å². The molecule has 1 aromatic carbocycles. The first kappa shape index (κ1) is 13.0. The second-order valence-electron chi connectivity index (χ2n) is 5.86. The SMILES string of the molecule is Cc1cc(C)c(C)c(N(C)CC2(C#N)CC2)c1C. The summed E-state index contributed by atoms with van der Waals surface area (Å²) < 4.78 is 0. The minimum Gasteiger partial charge on any atom is -0.373 e. The van der Waals surface area contributed by atoms with Crippen LogP contribution in [0.3, 0.4) is 0 Å². The predicted molar refractivity (Wildman–Crippen MR) is 75.9 cm³/mol. The molecule has 96 valence electrons. The summed E-state index contributed by atoms with van der Waals surface area (Å²) in [7, 11) is 2.12. The molecule has 1 fully saturated rings. The Bertz CT molecular complexity index is 493.